The highest BCUT2D eigenvalue weighted by atomic mass is 16.6. The molecule has 2 rings (SSSR count). The zero-order valence-corrected chi connectivity index (χ0v) is 10.8. The van der Waals surface area contributed by atoms with E-state index in [1.807, 2.05) is 20.8 Å². The molecule has 4 nitrogen and oxygen atoms in total. The molecule has 0 aromatic heterocycles. The molecule has 1 aliphatic carbocycles. The molecule has 0 aromatic carbocycles. The molecule has 1 amide bonds. The van der Waals surface area contributed by atoms with Gasteiger partial charge in [-0.3, -0.25) is 4.90 Å². The third kappa shape index (κ3) is 2.46. The summed E-state index contributed by atoms with van der Waals surface area (Å²) >= 11 is 0. The van der Waals surface area contributed by atoms with Gasteiger partial charge in [0, 0.05) is 11.6 Å². The van der Waals surface area contributed by atoms with Crippen LogP contribution in [-0.4, -0.2) is 34.3 Å². The molecule has 1 aliphatic heterocycles. The summed E-state index contributed by atoms with van der Waals surface area (Å²) in [4.78, 5) is 13.8. The van der Waals surface area contributed by atoms with Gasteiger partial charge in [0.15, 0.2) is 0 Å². The van der Waals surface area contributed by atoms with Crippen molar-refractivity contribution in [2.24, 2.45) is 5.92 Å². The summed E-state index contributed by atoms with van der Waals surface area (Å²) in [6, 6.07) is -0.110. The number of hydrogen-bond donors (Lipinski definition) is 1. The van der Waals surface area contributed by atoms with Gasteiger partial charge in [0.25, 0.3) is 0 Å². The molecule has 1 saturated heterocycles. The summed E-state index contributed by atoms with van der Waals surface area (Å²) in [6.07, 6.45) is 4.75. The first kappa shape index (κ1) is 12.4. The lowest BCUT2D eigenvalue weighted by Gasteiger charge is -2.28. The van der Waals surface area contributed by atoms with E-state index in [0.29, 0.717) is 5.92 Å². The number of fused-ring (bicyclic) bond motifs is 1. The van der Waals surface area contributed by atoms with Gasteiger partial charge in [-0.15, -0.1) is 0 Å². The molecule has 1 unspecified atom stereocenters. The number of aliphatic hydroxyl groups is 1. The third-order valence-electron chi connectivity index (χ3n) is 3.29. The van der Waals surface area contributed by atoms with E-state index < -0.39 is 5.60 Å². The Kier molecular flexibility index (Phi) is 3.17. The Hall–Kier alpha value is -1.03. The first-order chi connectivity index (χ1) is 7.92. The maximum absolute atomic E-state index is 12.1. The Morgan fingerprint density at radius 3 is 2.88 bits per heavy atom. The lowest BCUT2D eigenvalue weighted by Crippen LogP contribution is -2.40. The molecule has 0 bridgehead atoms. The van der Waals surface area contributed by atoms with Crippen LogP contribution in [0, 0.1) is 5.92 Å². The third-order valence-corrected chi connectivity index (χ3v) is 3.29. The van der Waals surface area contributed by atoms with Gasteiger partial charge in [-0.05, 0) is 40.0 Å². The van der Waals surface area contributed by atoms with Crippen LogP contribution in [-0.2, 0) is 4.74 Å². The van der Waals surface area contributed by atoms with E-state index in [1.54, 1.807) is 4.90 Å². The predicted octanol–water partition coefficient (Wildman–Crippen LogP) is 2.28. The lowest BCUT2D eigenvalue weighted by atomic mass is 10.0. The van der Waals surface area contributed by atoms with Gasteiger partial charge in [0.1, 0.15) is 5.60 Å². The van der Waals surface area contributed by atoms with Gasteiger partial charge < -0.3 is 9.84 Å². The molecule has 2 aliphatic rings. The zero-order valence-electron chi connectivity index (χ0n) is 10.8. The Balaban J connectivity index is 2.14. The summed E-state index contributed by atoms with van der Waals surface area (Å²) < 4.78 is 5.40. The van der Waals surface area contributed by atoms with Crippen LogP contribution in [0.1, 0.15) is 40.0 Å². The van der Waals surface area contributed by atoms with E-state index >= 15 is 0 Å². The second-order valence-electron chi connectivity index (χ2n) is 5.83. The van der Waals surface area contributed by atoms with Crippen LogP contribution < -0.4 is 0 Å². The number of carbonyl (C=O) groups excluding carboxylic acids is 1. The van der Waals surface area contributed by atoms with Gasteiger partial charge in [-0.25, -0.2) is 4.79 Å². The maximum atomic E-state index is 12.1. The fourth-order valence-electron chi connectivity index (χ4n) is 2.65. The van der Waals surface area contributed by atoms with Gasteiger partial charge >= 0.3 is 6.09 Å². The molecule has 0 radical (unpaired) electrons. The molecule has 0 aromatic rings. The zero-order chi connectivity index (χ0) is 12.6. The van der Waals surface area contributed by atoms with E-state index in [1.165, 1.54) is 0 Å². The number of carbonyl (C=O) groups is 1. The second-order valence-corrected chi connectivity index (χ2v) is 5.83. The number of rotatable bonds is 1. The van der Waals surface area contributed by atoms with Crippen LogP contribution in [0.4, 0.5) is 4.79 Å². The molecule has 1 heterocycles. The van der Waals surface area contributed by atoms with Crippen molar-refractivity contribution in [3.05, 3.63) is 11.8 Å². The summed E-state index contributed by atoms with van der Waals surface area (Å²) in [7, 11) is 0. The molecule has 0 saturated carbocycles. The number of likely N-dealkylation sites (tertiary alicyclic amines) is 1. The van der Waals surface area contributed by atoms with Crippen molar-refractivity contribution in [3.63, 3.8) is 0 Å². The highest BCUT2D eigenvalue weighted by Gasteiger charge is 2.42. The van der Waals surface area contributed by atoms with Gasteiger partial charge in [0.2, 0.25) is 0 Å². The van der Waals surface area contributed by atoms with Crippen LogP contribution in [0.3, 0.4) is 0 Å². The fourth-order valence-corrected chi connectivity index (χ4v) is 2.65. The van der Waals surface area contributed by atoms with Crippen molar-refractivity contribution in [3.8, 4) is 0 Å². The van der Waals surface area contributed by atoms with E-state index in [-0.39, 0.29) is 18.7 Å². The van der Waals surface area contributed by atoms with Gasteiger partial charge in [-0.2, -0.15) is 0 Å². The number of aliphatic hydroxyl groups excluding tert-OH is 1. The number of nitrogens with zero attached hydrogens (tertiary/aromatic N) is 1. The minimum absolute atomic E-state index is 0.00703. The molecule has 1 N–H and O–H groups in total. The largest absolute Gasteiger partial charge is 0.443 e. The predicted molar refractivity (Wildman–Crippen MR) is 64.4 cm³/mol. The first-order valence-corrected chi connectivity index (χ1v) is 6.25. The SMILES string of the molecule is CC(C)(C)OC(=O)N1C2=CCCC2C[C@H]1CO. The normalized spacial score (nSPS) is 28.0. The summed E-state index contributed by atoms with van der Waals surface area (Å²) in [5.41, 5.74) is 0.562. The van der Waals surface area contributed by atoms with Crippen LogP contribution in [0.25, 0.3) is 0 Å². The number of allylic oxidation sites excluding steroid dienone is 2. The minimum Gasteiger partial charge on any atom is -0.443 e. The molecule has 96 valence electrons. The van der Waals surface area contributed by atoms with Crippen LogP contribution >= 0.6 is 0 Å². The van der Waals surface area contributed by atoms with Crippen molar-refractivity contribution >= 4 is 6.09 Å². The first-order valence-electron chi connectivity index (χ1n) is 6.25. The maximum Gasteiger partial charge on any atom is 0.414 e. The topological polar surface area (TPSA) is 49.8 Å². The van der Waals surface area contributed by atoms with Crippen molar-refractivity contribution in [2.45, 2.75) is 51.7 Å². The van der Waals surface area contributed by atoms with Gasteiger partial charge in [-0.1, -0.05) is 6.08 Å². The smallest absolute Gasteiger partial charge is 0.414 e. The molecule has 2 atom stereocenters. The van der Waals surface area contributed by atoms with Crippen molar-refractivity contribution < 1.29 is 14.6 Å². The number of amides is 1. The molecular weight excluding hydrogens is 218 g/mol. The quantitative estimate of drug-likeness (QED) is 0.763. The Morgan fingerprint density at radius 2 is 2.29 bits per heavy atom. The van der Waals surface area contributed by atoms with Crippen LogP contribution in [0.2, 0.25) is 0 Å². The van der Waals surface area contributed by atoms with Crippen LogP contribution in [0.15, 0.2) is 11.8 Å². The Bertz CT molecular complexity index is 343. The molecule has 17 heavy (non-hydrogen) atoms. The van der Waals surface area contributed by atoms with Gasteiger partial charge in [0.05, 0.1) is 12.6 Å². The Labute approximate surface area is 102 Å². The average Bonchev–Trinajstić information content (AvgIpc) is 2.71. The lowest BCUT2D eigenvalue weighted by molar-refractivity contribution is 0.0231. The fraction of sp³-hybridized carbons (Fsp3) is 0.769. The highest BCUT2D eigenvalue weighted by Crippen LogP contribution is 2.41. The van der Waals surface area contributed by atoms with E-state index in [4.69, 9.17) is 4.74 Å². The average molecular weight is 239 g/mol. The summed E-state index contributed by atoms with van der Waals surface area (Å²) in [5.74, 6) is 0.430. The minimum atomic E-state index is -0.492. The number of hydrogen-bond acceptors (Lipinski definition) is 3. The Morgan fingerprint density at radius 1 is 1.59 bits per heavy atom. The highest BCUT2D eigenvalue weighted by molar-refractivity contribution is 5.72. The van der Waals surface area contributed by atoms with E-state index in [0.717, 1.165) is 25.0 Å². The molecule has 1 fully saturated rings. The summed E-state index contributed by atoms with van der Waals surface area (Å²) in [6.45, 7) is 5.58. The van der Waals surface area contributed by atoms with E-state index in [2.05, 4.69) is 6.08 Å². The second kappa shape index (κ2) is 4.33. The number of ether oxygens (including phenoxy) is 1. The molecule has 0 spiro atoms. The summed E-state index contributed by atoms with van der Waals surface area (Å²) in [5, 5.41) is 9.36. The van der Waals surface area contributed by atoms with Crippen molar-refractivity contribution in [2.75, 3.05) is 6.61 Å². The van der Waals surface area contributed by atoms with Crippen LogP contribution in [0.5, 0.6) is 0 Å². The van der Waals surface area contributed by atoms with Crippen molar-refractivity contribution in [1.82, 2.24) is 4.90 Å². The van der Waals surface area contributed by atoms with E-state index in [9.17, 15) is 9.90 Å². The monoisotopic (exact) mass is 239 g/mol. The molecular formula is C13H21NO3. The standard InChI is InChI=1S/C13H21NO3/c1-13(2,3)17-12(16)14-10(8-15)7-9-5-4-6-11(9)14/h6,9-10,15H,4-5,7-8H2,1-3H3/t9?,10-/m0/s1. The van der Waals surface area contributed by atoms with Crippen molar-refractivity contribution in [1.29, 1.82) is 0 Å². The molecule has 4 heteroatoms.